The van der Waals surface area contributed by atoms with E-state index in [9.17, 15) is 4.79 Å². The quantitative estimate of drug-likeness (QED) is 0.769. The second-order valence-corrected chi connectivity index (χ2v) is 6.49. The maximum atomic E-state index is 12.2. The van der Waals surface area contributed by atoms with Gasteiger partial charge in [-0.3, -0.25) is 0 Å². The number of urea groups is 1. The lowest BCUT2D eigenvalue weighted by molar-refractivity contribution is 0.235. The van der Waals surface area contributed by atoms with E-state index in [1.54, 1.807) is 0 Å². The van der Waals surface area contributed by atoms with Gasteiger partial charge in [-0.15, -0.1) is 0 Å². The van der Waals surface area contributed by atoms with Crippen LogP contribution in [0.1, 0.15) is 35.7 Å². The topological polar surface area (TPSA) is 58.4 Å². The number of imidazole rings is 1. The first-order valence-electron chi connectivity index (χ1n) is 8.84. The third-order valence-electron chi connectivity index (χ3n) is 4.76. The third-order valence-corrected chi connectivity index (χ3v) is 4.76. The van der Waals surface area contributed by atoms with E-state index in [1.165, 1.54) is 11.1 Å². The third kappa shape index (κ3) is 3.50. The van der Waals surface area contributed by atoms with Gasteiger partial charge in [-0.05, 0) is 42.5 Å². The van der Waals surface area contributed by atoms with Crippen LogP contribution >= 0.6 is 0 Å². The fourth-order valence-electron chi connectivity index (χ4n) is 3.52. The first-order chi connectivity index (χ1) is 12.3. The highest BCUT2D eigenvalue weighted by Gasteiger charge is 2.21. The van der Waals surface area contributed by atoms with Crippen molar-refractivity contribution in [3.8, 4) is 0 Å². The van der Waals surface area contributed by atoms with Crippen molar-refractivity contribution in [2.75, 3.05) is 6.54 Å². The van der Waals surface area contributed by atoms with E-state index in [1.807, 2.05) is 41.1 Å². The van der Waals surface area contributed by atoms with Gasteiger partial charge in [-0.1, -0.05) is 30.3 Å². The lowest BCUT2D eigenvalue weighted by Gasteiger charge is -2.26. The van der Waals surface area contributed by atoms with E-state index >= 15 is 0 Å². The van der Waals surface area contributed by atoms with Crippen LogP contribution in [0.3, 0.4) is 0 Å². The van der Waals surface area contributed by atoms with Gasteiger partial charge in [-0.2, -0.15) is 0 Å². The minimum Gasteiger partial charge on any atom is -0.338 e. The molecular weight excluding hydrogens is 312 g/mol. The van der Waals surface area contributed by atoms with Crippen LogP contribution < -0.4 is 10.6 Å². The van der Waals surface area contributed by atoms with E-state index in [2.05, 4.69) is 33.8 Å². The second-order valence-electron chi connectivity index (χ2n) is 6.49. The summed E-state index contributed by atoms with van der Waals surface area (Å²) in [7, 11) is 0. The number of carbonyl (C=O) groups is 1. The number of benzene rings is 1. The molecule has 0 saturated heterocycles. The minimum atomic E-state index is -0.106. The number of nitrogens with zero attached hydrogens (tertiary/aromatic N) is 2. The Morgan fingerprint density at radius 2 is 2.08 bits per heavy atom. The fraction of sp³-hybridized carbons (Fsp3) is 0.300. The molecule has 2 heterocycles. The number of amides is 2. The molecule has 0 unspecified atom stereocenters. The van der Waals surface area contributed by atoms with Crippen molar-refractivity contribution in [1.29, 1.82) is 0 Å². The number of pyridine rings is 1. The van der Waals surface area contributed by atoms with Crippen LogP contribution in [0.2, 0.25) is 0 Å². The van der Waals surface area contributed by atoms with Gasteiger partial charge in [0.2, 0.25) is 0 Å². The number of aromatic nitrogens is 2. The summed E-state index contributed by atoms with van der Waals surface area (Å²) < 4.78 is 1.99. The standard InChI is InChI=1S/C20H22N4O/c25-20(23-18-9-5-7-15-6-1-2-8-17(15)18)21-12-11-16-14-24-13-4-3-10-19(24)22-16/h1-4,6,8,10,13-14,18H,5,7,9,11-12H2,(H2,21,23,25)/t18-/m1/s1. The summed E-state index contributed by atoms with van der Waals surface area (Å²) >= 11 is 0. The zero-order valence-electron chi connectivity index (χ0n) is 14.1. The molecule has 1 aliphatic rings. The van der Waals surface area contributed by atoms with Crippen molar-refractivity contribution in [2.45, 2.75) is 31.7 Å². The molecule has 0 radical (unpaired) electrons. The minimum absolute atomic E-state index is 0.106. The van der Waals surface area contributed by atoms with Gasteiger partial charge in [0.05, 0.1) is 11.7 Å². The van der Waals surface area contributed by atoms with Crippen molar-refractivity contribution in [2.24, 2.45) is 0 Å². The summed E-state index contributed by atoms with van der Waals surface area (Å²) in [5, 5.41) is 6.07. The smallest absolute Gasteiger partial charge is 0.315 e. The number of hydrogen-bond acceptors (Lipinski definition) is 2. The Labute approximate surface area is 147 Å². The normalized spacial score (nSPS) is 16.4. The predicted molar refractivity (Wildman–Crippen MR) is 97.6 cm³/mol. The molecule has 2 aromatic heterocycles. The van der Waals surface area contributed by atoms with Crippen LogP contribution in [-0.2, 0) is 12.8 Å². The summed E-state index contributed by atoms with van der Waals surface area (Å²) in [6, 6.07) is 14.3. The Hall–Kier alpha value is -2.82. The molecule has 1 atom stereocenters. The summed E-state index contributed by atoms with van der Waals surface area (Å²) in [5.74, 6) is 0. The first kappa shape index (κ1) is 15.7. The molecule has 2 amide bonds. The molecule has 5 heteroatoms. The molecule has 0 saturated carbocycles. The molecule has 4 rings (SSSR count). The maximum absolute atomic E-state index is 12.2. The number of nitrogens with one attached hydrogen (secondary N) is 2. The van der Waals surface area contributed by atoms with Crippen LogP contribution in [0.5, 0.6) is 0 Å². The molecule has 1 aliphatic carbocycles. The van der Waals surface area contributed by atoms with Gasteiger partial charge in [0.25, 0.3) is 0 Å². The van der Waals surface area contributed by atoms with Crippen molar-refractivity contribution in [3.63, 3.8) is 0 Å². The van der Waals surface area contributed by atoms with Crippen molar-refractivity contribution in [3.05, 3.63) is 71.7 Å². The number of fused-ring (bicyclic) bond motifs is 2. The number of aryl methyl sites for hydroxylation is 1. The van der Waals surface area contributed by atoms with E-state index in [-0.39, 0.29) is 12.1 Å². The Bertz CT molecular complexity index is 853. The number of rotatable bonds is 4. The van der Waals surface area contributed by atoms with Crippen LogP contribution in [0.4, 0.5) is 4.79 Å². The van der Waals surface area contributed by atoms with E-state index < -0.39 is 0 Å². The molecule has 128 valence electrons. The van der Waals surface area contributed by atoms with Gasteiger partial charge in [-0.25, -0.2) is 9.78 Å². The Morgan fingerprint density at radius 1 is 1.20 bits per heavy atom. The highest BCUT2D eigenvalue weighted by Crippen LogP contribution is 2.29. The van der Waals surface area contributed by atoms with Crippen molar-refractivity contribution < 1.29 is 4.79 Å². The van der Waals surface area contributed by atoms with Gasteiger partial charge in [0.1, 0.15) is 5.65 Å². The SMILES string of the molecule is O=C(NCCc1cn2ccccc2n1)N[C@@H]1CCCc2ccccc21. The van der Waals surface area contributed by atoms with Gasteiger partial charge < -0.3 is 15.0 Å². The molecule has 2 N–H and O–H groups in total. The molecule has 0 spiro atoms. The molecule has 3 aromatic rings. The van der Waals surface area contributed by atoms with E-state index in [0.29, 0.717) is 6.54 Å². The lowest BCUT2D eigenvalue weighted by atomic mass is 9.88. The van der Waals surface area contributed by atoms with Crippen LogP contribution in [0.25, 0.3) is 5.65 Å². The zero-order chi connectivity index (χ0) is 17.1. The van der Waals surface area contributed by atoms with Gasteiger partial charge in [0.15, 0.2) is 0 Å². The lowest BCUT2D eigenvalue weighted by Crippen LogP contribution is -2.39. The molecule has 0 bridgehead atoms. The molecule has 0 fully saturated rings. The summed E-state index contributed by atoms with van der Waals surface area (Å²) in [6.45, 7) is 0.573. The molecule has 25 heavy (non-hydrogen) atoms. The summed E-state index contributed by atoms with van der Waals surface area (Å²) in [4.78, 5) is 16.8. The predicted octanol–water partition coefficient (Wildman–Crippen LogP) is 3.25. The average molecular weight is 334 g/mol. The molecule has 1 aromatic carbocycles. The van der Waals surface area contributed by atoms with Crippen LogP contribution in [0.15, 0.2) is 54.9 Å². The molecule has 5 nitrogen and oxygen atoms in total. The maximum Gasteiger partial charge on any atom is 0.315 e. The van der Waals surface area contributed by atoms with E-state index in [0.717, 1.165) is 37.0 Å². The number of hydrogen-bond donors (Lipinski definition) is 2. The highest BCUT2D eigenvalue weighted by atomic mass is 16.2. The van der Waals surface area contributed by atoms with E-state index in [4.69, 9.17) is 0 Å². The Morgan fingerprint density at radius 3 is 3.00 bits per heavy atom. The fourth-order valence-corrected chi connectivity index (χ4v) is 3.52. The number of carbonyl (C=O) groups excluding carboxylic acids is 1. The van der Waals surface area contributed by atoms with Crippen LogP contribution in [-0.4, -0.2) is 22.0 Å². The zero-order valence-corrected chi connectivity index (χ0v) is 14.1. The average Bonchev–Trinajstić information content (AvgIpc) is 3.05. The molecular formula is C20H22N4O. The Balaban J connectivity index is 1.31. The van der Waals surface area contributed by atoms with Crippen molar-refractivity contribution in [1.82, 2.24) is 20.0 Å². The summed E-state index contributed by atoms with van der Waals surface area (Å²) in [6.07, 6.45) is 7.92. The Kier molecular flexibility index (Phi) is 4.37. The largest absolute Gasteiger partial charge is 0.338 e. The summed E-state index contributed by atoms with van der Waals surface area (Å²) in [5.41, 5.74) is 4.52. The van der Waals surface area contributed by atoms with Crippen molar-refractivity contribution >= 4 is 11.7 Å². The first-order valence-corrected chi connectivity index (χ1v) is 8.84. The van der Waals surface area contributed by atoms with Gasteiger partial charge >= 0.3 is 6.03 Å². The van der Waals surface area contributed by atoms with Crippen LogP contribution in [0, 0.1) is 0 Å². The second kappa shape index (κ2) is 6.97. The molecule has 0 aliphatic heterocycles. The highest BCUT2D eigenvalue weighted by molar-refractivity contribution is 5.74. The monoisotopic (exact) mass is 334 g/mol. The van der Waals surface area contributed by atoms with Gasteiger partial charge in [0, 0.05) is 25.4 Å².